The van der Waals surface area contributed by atoms with Gasteiger partial charge in [0.2, 0.25) is 0 Å². The highest BCUT2D eigenvalue weighted by molar-refractivity contribution is 9.10. The van der Waals surface area contributed by atoms with Gasteiger partial charge in [-0.2, -0.15) is 0 Å². The summed E-state index contributed by atoms with van der Waals surface area (Å²) in [6.07, 6.45) is 1.79. The summed E-state index contributed by atoms with van der Waals surface area (Å²) >= 11 is 3.21. The van der Waals surface area contributed by atoms with E-state index in [2.05, 4.69) is 21.2 Å². The Balaban J connectivity index is 1.97. The van der Waals surface area contributed by atoms with Crippen LogP contribution in [0.15, 0.2) is 83.3 Å². The van der Waals surface area contributed by atoms with Crippen molar-refractivity contribution in [2.24, 2.45) is 0 Å². The molecule has 0 aliphatic heterocycles. The van der Waals surface area contributed by atoms with Crippen LogP contribution in [0.2, 0.25) is 0 Å². The lowest BCUT2D eigenvalue weighted by Crippen LogP contribution is -2.14. The molecule has 0 radical (unpaired) electrons. The van der Waals surface area contributed by atoms with Crippen LogP contribution < -0.4 is 5.32 Å². The molecule has 1 N–H and O–H groups in total. The number of amides is 1. The molecule has 0 aliphatic carbocycles. The minimum absolute atomic E-state index is 0.142. The predicted octanol–water partition coefficient (Wildman–Crippen LogP) is 5.77. The average molecular weight is 396 g/mol. The molecule has 0 saturated heterocycles. The first-order valence-electron chi connectivity index (χ1n) is 7.72. The third-order valence-electron chi connectivity index (χ3n) is 3.62. The van der Waals surface area contributed by atoms with E-state index >= 15 is 0 Å². The molecule has 0 saturated carbocycles. The number of carbonyl (C=O) groups is 1. The fraction of sp³-hybridized carbons (Fsp3) is 0. The molecule has 0 spiro atoms. The van der Waals surface area contributed by atoms with E-state index in [0.29, 0.717) is 10.0 Å². The summed E-state index contributed by atoms with van der Waals surface area (Å²) in [7, 11) is 0. The average Bonchev–Trinajstić information content (AvgIpc) is 2.63. The summed E-state index contributed by atoms with van der Waals surface area (Å²) in [6.45, 7) is 0. The van der Waals surface area contributed by atoms with Crippen molar-refractivity contribution in [2.75, 3.05) is 5.32 Å². The van der Waals surface area contributed by atoms with Crippen LogP contribution in [0.25, 0.3) is 11.6 Å². The maximum Gasteiger partial charge on any atom is 0.256 e. The molecular weight excluding hydrogens is 381 g/mol. The molecule has 0 unspecified atom stereocenters. The highest BCUT2D eigenvalue weighted by atomic mass is 79.9. The highest BCUT2D eigenvalue weighted by Gasteiger charge is 2.14. The number of nitrogens with one attached hydrogen (secondary N) is 1. The molecule has 0 heterocycles. The third-order valence-corrected chi connectivity index (χ3v) is 4.11. The van der Waals surface area contributed by atoms with Crippen LogP contribution in [-0.4, -0.2) is 5.91 Å². The van der Waals surface area contributed by atoms with Gasteiger partial charge in [-0.3, -0.25) is 4.79 Å². The second-order valence-corrected chi connectivity index (χ2v) is 6.33. The Morgan fingerprint density at radius 1 is 0.920 bits per heavy atom. The van der Waals surface area contributed by atoms with E-state index in [1.165, 1.54) is 12.1 Å². The van der Waals surface area contributed by atoms with Crippen LogP contribution in [-0.2, 0) is 4.79 Å². The van der Waals surface area contributed by atoms with Crippen molar-refractivity contribution >= 4 is 39.2 Å². The fourth-order valence-electron chi connectivity index (χ4n) is 2.39. The van der Waals surface area contributed by atoms with Gasteiger partial charge in [-0.05, 0) is 35.4 Å². The van der Waals surface area contributed by atoms with E-state index in [9.17, 15) is 9.18 Å². The minimum Gasteiger partial charge on any atom is -0.319 e. The molecule has 2 nitrogen and oxygen atoms in total. The summed E-state index contributed by atoms with van der Waals surface area (Å²) < 4.78 is 14.7. The summed E-state index contributed by atoms with van der Waals surface area (Å²) in [4.78, 5) is 12.8. The van der Waals surface area contributed by atoms with Gasteiger partial charge >= 0.3 is 0 Å². The molecule has 3 aromatic rings. The fourth-order valence-corrected chi connectivity index (χ4v) is 2.73. The van der Waals surface area contributed by atoms with Gasteiger partial charge in [-0.25, -0.2) is 4.39 Å². The molecule has 4 heteroatoms. The zero-order chi connectivity index (χ0) is 17.6. The number of hydrogen-bond acceptors (Lipinski definition) is 1. The molecule has 0 fully saturated rings. The molecule has 3 rings (SSSR count). The van der Waals surface area contributed by atoms with Gasteiger partial charge in [0.15, 0.2) is 0 Å². The topological polar surface area (TPSA) is 29.1 Å². The maximum atomic E-state index is 14.0. The van der Waals surface area contributed by atoms with Crippen molar-refractivity contribution in [1.29, 1.82) is 0 Å². The van der Waals surface area contributed by atoms with Crippen molar-refractivity contribution in [2.45, 2.75) is 0 Å². The maximum absolute atomic E-state index is 14.0. The Labute approximate surface area is 154 Å². The number of benzene rings is 3. The normalized spacial score (nSPS) is 11.2. The second-order valence-electron chi connectivity index (χ2n) is 5.41. The van der Waals surface area contributed by atoms with Crippen molar-refractivity contribution in [1.82, 2.24) is 0 Å². The second kappa shape index (κ2) is 7.90. The lowest BCUT2D eigenvalue weighted by molar-refractivity contribution is -0.111. The molecular formula is C21H15BrFNO. The zero-order valence-corrected chi connectivity index (χ0v) is 14.8. The molecule has 0 bridgehead atoms. The van der Waals surface area contributed by atoms with Crippen molar-refractivity contribution < 1.29 is 9.18 Å². The SMILES string of the molecule is O=C(Nc1ccc(Br)cc1F)C(=Cc1ccccc1)c1ccccc1. The molecule has 0 atom stereocenters. The Bertz CT molecular complexity index is 908. The van der Waals surface area contributed by atoms with Crippen LogP contribution in [0.1, 0.15) is 11.1 Å². The zero-order valence-electron chi connectivity index (χ0n) is 13.2. The van der Waals surface area contributed by atoms with Gasteiger partial charge in [0.25, 0.3) is 5.91 Å². The molecule has 1 amide bonds. The first kappa shape index (κ1) is 17.1. The first-order valence-corrected chi connectivity index (χ1v) is 8.51. The highest BCUT2D eigenvalue weighted by Crippen LogP contribution is 2.23. The molecule has 0 aliphatic rings. The largest absolute Gasteiger partial charge is 0.319 e. The lowest BCUT2D eigenvalue weighted by Gasteiger charge is -2.11. The van der Waals surface area contributed by atoms with Gasteiger partial charge in [0.05, 0.1) is 5.69 Å². The Morgan fingerprint density at radius 3 is 2.20 bits per heavy atom. The monoisotopic (exact) mass is 395 g/mol. The summed E-state index contributed by atoms with van der Waals surface area (Å²) in [5, 5.41) is 2.65. The van der Waals surface area contributed by atoms with Crippen LogP contribution in [0.5, 0.6) is 0 Å². The number of halogens is 2. The number of anilines is 1. The molecule has 3 aromatic carbocycles. The van der Waals surface area contributed by atoms with E-state index < -0.39 is 5.82 Å². The third kappa shape index (κ3) is 4.43. The Morgan fingerprint density at radius 2 is 1.56 bits per heavy atom. The van der Waals surface area contributed by atoms with Crippen molar-refractivity contribution in [3.8, 4) is 0 Å². The smallest absolute Gasteiger partial charge is 0.256 e. The van der Waals surface area contributed by atoms with Gasteiger partial charge < -0.3 is 5.32 Å². The molecule has 25 heavy (non-hydrogen) atoms. The molecule has 0 aromatic heterocycles. The van der Waals surface area contributed by atoms with Gasteiger partial charge in [-0.1, -0.05) is 76.6 Å². The first-order chi connectivity index (χ1) is 12.1. The van der Waals surface area contributed by atoms with Crippen molar-refractivity contribution in [3.63, 3.8) is 0 Å². The van der Waals surface area contributed by atoms with Crippen LogP contribution >= 0.6 is 15.9 Å². The van der Waals surface area contributed by atoms with Crippen LogP contribution in [0, 0.1) is 5.82 Å². The Hall–Kier alpha value is -2.72. The van der Waals surface area contributed by atoms with Crippen molar-refractivity contribution in [3.05, 3.63) is 100 Å². The Kier molecular flexibility index (Phi) is 5.41. The summed E-state index contributed by atoms with van der Waals surface area (Å²) in [6, 6.07) is 23.4. The van der Waals surface area contributed by atoms with E-state index in [1.54, 1.807) is 12.1 Å². The summed E-state index contributed by atoms with van der Waals surface area (Å²) in [5.74, 6) is -0.855. The quantitative estimate of drug-likeness (QED) is 0.441. The summed E-state index contributed by atoms with van der Waals surface area (Å²) in [5.41, 5.74) is 2.27. The van der Waals surface area contributed by atoms with Crippen LogP contribution in [0.3, 0.4) is 0 Å². The molecule has 124 valence electrons. The minimum atomic E-state index is -0.491. The van der Waals surface area contributed by atoms with E-state index in [-0.39, 0.29) is 11.6 Å². The number of rotatable bonds is 4. The van der Waals surface area contributed by atoms with Gasteiger partial charge in [0, 0.05) is 10.0 Å². The van der Waals surface area contributed by atoms with E-state index in [0.717, 1.165) is 11.1 Å². The standard InChI is InChI=1S/C21H15BrFNO/c22-17-11-12-20(19(23)14-17)24-21(25)18(16-9-5-2-6-10-16)13-15-7-3-1-4-8-15/h1-14H,(H,24,25). The number of hydrogen-bond donors (Lipinski definition) is 1. The van der Waals surface area contributed by atoms with E-state index in [4.69, 9.17) is 0 Å². The lowest BCUT2D eigenvalue weighted by atomic mass is 10.0. The van der Waals surface area contributed by atoms with E-state index in [1.807, 2.05) is 60.7 Å². The van der Waals surface area contributed by atoms with Crippen LogP contribution in [0.4, 0.5) is 10.1 Å². The number of carbonyl (C=O) groups excluding carboxylic acids is 1. The van der Waals surface area contributed by atoms with Gasteiger partial charge in [0.1, 0.15) is 5.82 Å². The van der Waals surface area contributed by atoms with Gasteiger partial charge in [-0.15, -0.1) is 0 Å². The predicted molar refractivity (Wildman–Crippen MR) is 103 cm³/mol.